The molecule has 0 aliphatic heterocycles. The summed E-state index contributed by atoms with van der Waals surface area (Å²) in [6.45, 7) is 2.27. The zero-order valence-corrected chi connectivity index (χ0v) is 8.07. The lowest BCUT2D eigenvalue weighted by Crippen LogP contribution is -1.96. The van der Waals surface area contributed by atoms with Gasteiger partial charge in [0.1, 0.15) is 17.6 Å². The van der Waals surface area contributed by atoms with Crippen LogP contribution in [-0.4, -0.2) is 17.9 Å². The van der Waals surface area contributed by atoms with Gasteiger partial charge in [-0.3, -0.25) is 9.78 Å². The number of aldehydes is 1. The van der Waals surface area contributed by atoms with Crippen molar-refractivity contribution in [2.24, 2.45) is 0 Å². The van der Waals surface area contributed by atoms with Gasteiger partial charge in [0.25, 0.3) is 0 Å². The topological polar surface area (TPSA) is 72.3 Å². The van der Waals surface area contributed by atoms with Crippen molar-refractivity contribution in [2.45, 2.75) is 6.92 Å². The van der Waals surface area contributed by atoms with Crippen LogP contribution in [0.1, 0.15) is 17.3 Å². The molecule has 0 radical (unpaired) electrons. The van der Waals surface area contributed by atoms with Crippen LogP contribution in [0.15, 0.2) is 21.3 Å². The van der Waals surface area contributed by atoms with Crippen molar-refractivity contribution in [1.82, 2.24) is 4.98 Å². The van der Waals surface area contributed by atoms with Gasteiger partial charge in [-0.1, -0.05) is 0 Å². The summed E-state index contributed by atoms with van der Waals surface area (Å²) in [6, 6.07) is 3.05. The van der Waals surface area contributed by atoms with Gasteiger partial charge in [-0.05, 0) is 19.1 Å². The van der Waals surface area contributed by atoms with Gasteiger partial charge in [-0.15, -0.1) is 0 Å². The third-order valence-electron chi connectivity index (χ3n) is 1.95. The summed E-state index contributed by atoms with van der Waals surface area (Å²) in [7, 11) is 0. The fourth-order valence-electron chi connectivity index (χ4n) is 1.38. The Kier molecular flexibility index (Phi) is 2.29. The quantitative estimate of drug-likeness (QED) is 0.770. The van der Waals surface area contributed by atoms with Crippen LogP contribution in [0.25, 0.3) is 11.1 Å². The Labute approximate surface area is 84.7 Å². The van der Waals surface area contributed by atoms with Crippen molar-refractivity contribution in [2.75, 3.05) is 6.61 Å². The van der Waals surface area contributed by atoms with E-state index in [1.54, 1.807) is 6.07 Å². The molecule has 1 aromatic carbocycles. The Bertz CT molecular complexity index is 552. The number of rotatable bonds is 3. The second-order valence-corrected chi connectivity index (χ2v) is 2.96. The van der Waals surface area contributed by atoms with E-state index in [1.165, 1.54) is 6.07 Å². The lowest BCUT2D eigenvalue weighted by atomic mass is 10.2. The number of benzene rings is 1. The summed E-state index contributed by atoms with van der Waals surface area (Å²) in [6.07, 6.45) is 0.676. The number of carbonyl (C=O) groups excluding carboxylic acids is 1. The first-order valence-electron chi connectivity index (χ1n) is 4.49. The maximum atomic E-state index is 11.0. The number of hydrogen-bond acceptors (Lipinski definition) is 4. The molecule has 1 N–H and O–H groups in total. The number of ether oxygens (including phenoxy) is 1. The number of carbonyl (C=O) groups is 1. The van der Waals surface area contributed by atoms with E-state index >= 15 is 0 Å². The van der Waals surface area contributed by atoms with Gasteiger partial charge in [-0.2, -0.15) is 0 Å². The van der Waals surface area contributed by atoms with Crippen molar-refractivity contribution < 1.29 is 13.9 Å². The Morgan fingerprint density at radius 2 is 2.33 bits per heavy atom. The van der Waals surface area contributed by atoms with Gasteiger partial charge in [0.15, 0.2) is 5.58 Å². The van der Waals surface area contributed by atoms with Crippen molar-refractivity contribution in [3.63, 3.8) is 0 Å². The highest BCUT2D eigenvalue weighted by atomic mass is 16.5. The molecule has 0 aliphatic carbocycles. The van der Waals surface area contributed by atoms with Gasteiger partial charge >= 0.3 is 5.76 Å². The van der Waals surface area contributed by atoms with E-state index in [4.69, 9.17) is 9.15 Å². The molecule has 0 bridgehead atoms. The second kappa shape index (κ2) is 3.61. The van der Waals surface area contributed by atoms with Gasteiger partial charge in [0, 0.05) is 5.56 Å². The van der Waals surface area contributed by atoms with Crippen molar-refractivity contribution in [1.29, 1.82) is 0 Å². The summed E-state index contributed by atoms with van der Waals surface area (Å²) in [4.78, 5) is 24.1. The van der Waals surface area contributed by atoms with E-state index in [2.05, 4.69) is 4.98 Å². The molecule has 78 valence electrons. The highest BCUT2D eigenvalue weighted by Gasteiger charge is 2.09. The molecular weight excluding hydrogens is 198 g/mol. The largest absolute Gasteiger partial charge is 0.492 e. The smallest absolute Gasteiger partial charge is 0.417 e. The molecule has 5 nitrogen and oxygen atoms in total. The molecule has 2 aromatic rings. The molecule has 0 saturated carbocycles. The number of nitrogens with one attached hydrogen (secondary N) is 1. The second-order valence-electron chi connectivity index (χ2n) is 2.96. The Morgan fingerprint density at radius 3 is 3.00 bits per heavy atom. The molecule has 1 heterocycles. The maximum absolute atomic E-state index is 11.0. The van der Waals surface area contributed by atoms with Crippen LogP contribution >= 0.6 is 0 Å². The van der Waals surface area contributed by atoms with Gasteiger partial charge in [0.2, 0.25) is 0 Å². The molecule has 0 fully saturated rings. The molecule has 0 aliphatic rings. The highest BCUT2D eigenvalue weighted by molar-refractivity contribution is 5.87. The third kappa shape index (κ3) is 1.63. The predicted octanol–water partition coefficient (Wildman–Crippen LogP) is 1.33. The number of aromatic nitrogens is 1. The molecule has 0 atom stereocenters. The normalized spacial score (nSPS) is 10.5. The minimum absolute atomic E-state index is 0.327. The van der Waals surface area contributed by atoms with Crippen LogP contribution in [0, 0.1) is 0 Å². The van der Waals surface area contributed by atoms with Crippen LogP contribution in [-0.2, 0) is 0 Å². The summed E-state index contributed by atoms with van der Waals surface area (Å²) < 4.78 is 10.1. The summed E-state index contributed by atoms with van der Waals surface area (Å²) in [5, 5.41) is 0. The van der Waals surface area contributed by atoms with E-state index < -0.39 is 5.76 Å². The number of aromatic amines is 1. The molecule has 15 heavy (non-hydrogen) atoms. The van der Waals surface area contributed by atoms with E-state index in [0.29, 0.717) is 35.3 Å². The number of fused-ring (bicyclic) bond motifs is 1. The molecule has 0 unspecified atom stereocenters. The average Bonchev–Trinajstić information content (AvgIpc) is 2.58. The first-order chi connectivity index (χ1) is 7.24. The van der Waals surface area contributed by atoms with E-state index in [-0.39, 0.29) is 0 Å². The molecule has 1 aromatic heterocycles. The maximum Gasteiger partial charge on any atom is 0.417 e. The summed E-state index contributed by atoms with van der Waals surface area (Å²) in [5.41, 5.74) is 1.22. The molecule has 0 spiro atoms. The van der Waals surface area contributed by atoms with E-state index in [0.717, 1.165) is 0 Å². The zero-order chi connectivity index (χ0) is 10.8. The summed E-state index contributed by atoms with van der Waals surface area (Å²) >= 11 is 0. The van der Waals surface area contributed by atoms with Gasteiger partial charge in [0.05, 0.1) is 6.61 Å². The van der Waals surface area contributed by atoms with E-state index in [9.17, 15) is 9.59 Å². The third-order valence-corrected chi connectivity index (χ3v) is 1.95. The lowest BCUT2D eigenvalue weighted by Gasteiger charge is -2.03. The average molecular weight is 207 g/mol. The Balaban J connectivity index is 2.73. The van der Waals surface area contributed by atoms with Crippen LogP contribution in [0.4, 0.5) is 0 Å². The Morgan fingerprint density at radius 1 is 1.53 bits per heavy atom. The van der Waals surface area contributed by atoms with Crippen molar-refractivity contribution in [3.05, 3.63) is 28.2 Å². The predicted molar refractivity (Wildman–Crippen MR) is 53.4 cm³/mol. The first kappa shape index (κ1) is 9.51. The minimum Gasteiger partial charge on any atom is -0.492 e. The molecule has 2 rings (SSSR count). The minimum atomic E-state index is -0.561. The Hall–Kier alpha value is -2.04. The van der Waals surface area contributed by atoms with Crippen LogP contribution in [0.2, 0.25) is 0 Å². The first-order valence-corrected chi connectivity index (χ1v) is 4.49. The van der Waals surface area contributed by atoms with Crippen LogP contribution in [0.5, 0.6) is 5.75 Å². The number of hydrogen-bond donors (Lipinski definition) is 1. The monoisotopic (exact) mass is 207 g/mol. The molecule has 0 saturated heterocycles. The molecule has 0 amide bonds. The van der Waals surface area contributed by atoms with Crippen LogP contribution in [0.3, 0.4) is 0 Å². The fourth-order valence-corrected chi connectivity index (χ4v) is 1.38. The summed E-state index contributed by atoms with van der Waals surface area (Å²) in [5.74, 6) is -0.114. The van der Waals surface area contributed by atoms with Gasteiger partial charge in [-0.25, -0.2) is 4.79 Å². The van der Waals surface area contributed by atoms with E-state index in [1.807, 2.05) is 6.92 Å². The molecular formula is C10H9NO4. The van der Waals surface area contributed by atoms with Crippen molar-refractivity contribution >= 4 is 17.4 Å². The lowest BCUT2D eigenvalue weighted by molar-refractivity contribution is 0.112. The van der Waals surface area contributed by atoms with Crippen LogP contribution < -0.4 is 10.5 Å². The number of oxazole rings is 1. The SMILES string of the molecule is CCOc1cc(C=O)cc2oc(=O)[nH]c12. The molecule has 5 heteroatoms. The van der Waals surface area contributed by atoms with Gasteiger partial charge < -0.3 is 9.15 Å². The standard InChI is InChI=1S/C10H9NO4/c1-2-14-7-3-6(5-12)4-8-9(7)11-10(13)15-8/h3-5H,2H2,1H3,(H,11,13). The zero-order valence-electron chi connectivity index (χ0n) is 8.07. The number of H-pyrrole nitrogens is 1. The van der Waals surface area contributed by atoms with Crippen molar-refractivity contribution in [3.8, 4) is 5.75 Å². The fraction of sp³-hybridized carbons (Fsp3) is 0.200. The highest BCUT2D eigenvalue weighted by Crippen LogP contribution is 2.24.